The molecule has 0 aliphatic heterocycles. The summed E-state index contributed by atoms with van der Waals surface area (Å²) in [5, 5.41) is 10.0. The lowest BCUT2D eigenvalue weighted by Crippen LogP contribution is -2.62. The molecule has 18 heteroatoms. The second kappa shape index (κ2) is 18.1. The van der Waals surface area contributed by atoms with Crippen molar-refractivity contribution < 1.29 is 44.8 Å². The van der Waals surface area contributed by atoms with Gasteiger partial charge in [-0.2, -0.15) is 0 Å². The molecule has 0 saturated carbocycles. The maximum absolute atomic E-state index is 14.0. The summed E-state index contributed by atoms with van der Waals surface area (Å²) in [6.45, 7) is 17.8. The Balaban J connectivity index is 6.11. The first-order chi connectivity index (χ1) is 21.9. The van der Waals surface area contributed by atoms with E-state index >= 15 is 0 Å². The highest BCUT2D eigenvalue weighted by atomic mass is 32.2. The van der Waals surface area contributed by atoms with Gasteiger partial charge in [0.25, 0.3) is 0 Å². The van der Waals surface area contributed by atoms with Gasteiger partial charge in [-0.1, -0.05) is 48.5 Å². The second-order valence-corrected chi connectivity index (χ2v) is 20.4. The standard InChI is InChI=1S/C31H60F2N6O8S2/c1-14-16-39(20(2)25(40)35-21(18-23(32)33)26(41)34-15-17-49(46,47)31(9,10)11)27(42)24(30(6,7)8)37-28(43)36-22(29(3,4)5)19-38(12)48(13,44)45/h20-24H,14-19H2,1-13H3,(H,34,41)(H,35,40)(H2,36,37,43)/t20-,21-,22+,24+/m0/s1. The van der Waals surface area contributed by atoms with E-state index in [-0.39, 0.29) is 19.6 Å². The number of hydrogen-bond donors (Lipinski definition) is 4. The maximum atomic E-state index is 14.0. The minimum Gasteiger partial charge on any atom is -0.353 e. The van der Waals surface area contributed by atoms with Crippen molar-refractivity contribution in [2.75, 3.05) is 38.7 Å². The largest absolute Gasteiger partial charge is 0.353 e. The van der Waals surface area contributed by atoms with Gasteiger partial charge in [-0.3, -0.25) is 14.4 Å². The lowest BCUT2D eigenvalue weighted by molar-refractivity contribution is -0.144. The van der Waals surface area contributed by atoms with Crippen LogP contribution < -0.4 is 21.3 Å². The van der Waals surface area contributed by atoms with Crippen LogP contribution in [-0.2, 0) is 34.2 Å². The number of halogens is 2. The van der Waals surface area contributed by atoms with Crippen molar-refractivity contribution in [3.05, 3.63) is 0 Å². The number of sulfone groups is 1. The Morgan fingerprint density at radius 1 is 0.816 bits per heavy atom. The number of rotatable bonds is 17. The molecule has 0 aliphatic carbocycles. The minimum absolute atomic E-state index is 0.0389. The molecular weight excluding hydrogens is 687 g/mol. The molecule has 0 spiro atoms. The number of nitrogens with zero attached hydrogens (tertiary/aromatic N) is 2. The highest BCUT2D eigenvalue weighted by molar-refractivity contribution is 7.92. The van der Waals surface area contributed by atoms with Crippen LogP contribution in [0.5, 0.6) is 0 Å². The normalized spacial score (nSPS) is 15.6. The zero-order chi connectivity index (χ0) is 38.9. The summed E-state index contributed by atoms with van der Waals surface area (Å²) in [5.74, 6) is -2.99. The monoisotopic (exact) mass is 746 g/mol. The molecule has 0 saturated heterocycles. The zero-order valence-corrected chi connectivity index (χ0v) is 33.0. The third-order valence-electron chi connectivity index (χ3n) is 7.99. The van der Waals surface area contributed by atoms with Gasteiger partial charge in [-0.25, -0.2) is 34.7 Å². The molecule has 14 nitrogen and oxygen atoms in total. The van der Waals surface area contributed by atoms with E-state index in [1.807, 2.05) is 20.8 Å². The van der Waals surface area contributed by atoms with Crippen LogP contribution >= 0.6 is 0 Å². The summed E-state index contributed by atoms with van der Waals surface area (Å²) >= 11 is 0. The highest BCUT2D eigenvalue weighted by Crippen LogP contribution is 2.24. The van der Waals surface area contributed by atoms with E-state index in [1.54, 1.807) is 27.7 Å². The number of alkyl halides is 2. The average Bonchev–Trinajstić information content (AvgIpc) is 2.90. The van der Waals surface area contributed by atoms with Crippen LogP contribution in [-0.4, -0.2) is 124 Å². The molecule has 0 heterocycles. The second-order valence-electron chi connectivity index (χ2n) is 15.5. The predicted molar refractivity (Wildman–Crippen MR) is 186 cm³/mol. The molecule has 0 aromatic carbocycles. The molecule has 288 valence electrons. The molecule has 0 aromatic heterocycles. The first kappa shape index (κ1) is 46.4. The number of likely N-dealkylation sites (N-methyl/N-ethyl adjacent to an activating group) is 1. The smallest absolute Gasteiger partial charge is 0.315 e. The fraction of sp³-hybridized carbons (Fsp3) is 0.871. The Morgan fingerprint density at radius 2 is 1.35 bits per heavy atom. The Labute approximate surface area is 292 Å². The van der Waals surface area contributed by atoms with E-state index in [0.717, 1.165) is 10.6 Å². The Kier molecular flexibility index (Phi) is 17.1. The van der Waals surface area contributed by atoms with E-state index in [2.05, 4.69) is 21.3 Å². The van der Waals surface area contributed by atoms with E-state index in [1.165, 1.54) is 39.6 Å². The predicted octanol–water partition coefficient (Wildman–Crippen LogP) is 2.10. The van der Waals surface area contributed by atoms with Crippen molar-refractivity contribution in [3.8, 4) is 0 Å². The quantitative estimate of drug-likeness (QED) is 0.174. The number of hydrogen-bond acceptors (Lipinski definition) is 8. The number of carbonyl (C=O) groups is 4. The number of amides is 5. The van der Waals surface area contributed by atoms with Crippen LogP contribution in [0.25, 0.3) is 0 Å². The SMILES string of the molecule is CCCN(C(=O)[C@@H](NC(=O)N[C@H](CN(C)S(C)(=O)=O)C(C)(C)C)C(C)(C)C)[C@@H](C)C(=O)N[C@@H](CC(F)F)C(=O)NCCS(=O)(=O)C(C)(C)C. The van der Waals surface area contributed by atoms with E-state index in [9.17, 15) is 44.8 Å². The summed E-state index contributed by atoms with van der Waals surface area (Å²) in [7, 11) is -5.78. The van der Waals surface area contributed by atoms with Crippen LogP contribution in [0, 0.1) is 10.8 Å². The van der Waals surface area contributed by atoms with Gasteiger partial charge in [0, 0.05) is 39.1 Å². The molecule has 0 aromatic rings. The van der Waals surface area contributed by atoms with Gasteiger partial charge in [0.2, 0.25) is 34.2 Å². The zero-order valence-electron chi connectivity index (χ0n) is 31.4. The van der Waals surface area contributed by atoms with Crippen molar-refractivity contribution >= 4 is 43.6 Å². The number of urea groups is 1. The van der Waals surface area contributed by atoms with E-state index in [4.69, 9.17) is 0 Å². The molecule has 0 fully saturated rings. The number of nitrogens with one attached hydrogen (secondary N) is 4. The molecule has 49 heavy (non-hydrogen) atoms. The number of carbonyl (C=O) groups excluding carboxylic acids is 4. The van der Waals surface area contributed by atoms with Crippen molar-refractivity contribution in [1.82, 2.24) is 30.5 Å². The van der Waals surface area contributed by atoms with E-state index in [0.29, 0.717) is 6.42 Å². The van der Waals surface area contributed by atoms with Crippen LogP contribution in [0.2, 0.25) is 0 Å². The maximum Gasteiger partial charge on any atom is 0.315 e. The molecule has 4 N–H and O–H groups in total. The molecule has 5 amide bonds. The van der Waals surface area contributed by atoms with Gasteiger partial charge in [0.1, 0.15) is 18.1 Å². The van der Waals surface area contributed by atoms with Crippen molar-refractivity contribution in [2.45, 2.75) is 124 Å². The third kappa shape index (κ3) is 15.4. The molecule has 0 aliphatic rings. The first-order valence-corrected chi connectivity index (χ1v) is 19.7. The van der Waals surface area contributed by atoms with Gasteiger partial charge in [0.15, 0.2) is 9.84 Å². The molecule has 0 radical (unpaired) electrons. The van der Waals surface area contributed by atoms with Gasteiger partial charge in [-0.05, 0) is 44.9 Å². The Morgan fingerprint density at radius 3 is 1.76 bits per heavy atom. The Hall–Kier alpha value is -2.60. The fourth-order valence-corrected chi connectivity index (χ4v) is 5.79. The highest BCUT2D eigenvalue weighted by Gasteiger charge is 2.40. The summed E-state index contributed by atoms with van der Waals surface area (Å²) in [4.78, 5) is 54.7. The lowest BCUT2D eigenvalue weighted by Gasteiger charge is -2.38. The van der Waals surface area contributed by atoms with Crippen molar-refractivity contribution in [2.24, 2.45) is 10.8 Å². The van der Waals surface area contributed by atoms with Gasteiger partial charge in [-0.15, -0.1) is 0 Å². The Bertz CT molecular complexity index is 1360. The molecule has 4 atom stereocenters. The van der Waals surface area contributed by atoms with Crippen LogP contribution in [0.4, 0.5) is 13.6 Å². The van der Waals surface area contributed by atoms with Gasteiger partial charge in [0.05, 0.1) is 16.8 Å². The van der Waals surface area contributed by atoms with Crippen LogP contribution in [0.3, 0.4) is 0 Å². The third-order valence-corrected chi connectivity index (χ3v) is 11.9. The molecular formula is C31H60F2N6O8S2. The summed E-state index contributed by atoms with van der Waals surface area (Å²) < 4.78 is 75.8. The van der Waals surface area contributed by atoms with Crippen LogP contribution in [0.1, 0.15) is 89.0 Å². The number of sulfonamides is 1. The lowest BCUT2D eigenvalue weighted by atomic mass is 9.85. The topological polar surface area (TPSA) is 191 Å². The van der Waals surface area contributed by atoms with Crippen molar-refractivity contribution in [1.29, 1.82) is 0 Å². The van der Waals surface area contributed by atoms with Crippen LogP contribution in [0.15, 0.2) is 0 Å². The fourth-order valence-electron chi connectivity index (χ4n) is 4.39. The molecule has 0 unspecified atom stereocenters. The van der Waals surface area contributed by atoms with Crippen molar-refractivity contribution in [3.63, 3.8) is 0 Å². The minimum atomic E-state index is -3.62. The summed E-state index contributed by atoms with van der Waals surface area (Å²) in [6, 6.07) is -5.57. The molecule has 0 bridgehead atoms. The summed E-state index contributed by atoms with van der Waals surface area (Å²) in [6.07, 6.45) is -2.60. The summed E-state index contributed by atoms with van der Waals surface area (Å²) in [5.41, 5.74) is -1.47. The van der Waals surface area contributed by atoms with E-state index < -0.39 is 102 Å². The molecule has 0 rings (SSSR count). The first-order valence-electron chi connectivity index (χ1n) is 16.2. The average molecular weight is 747 g/mol. The van der Waals surface area contributed by atoms with Gasteiger partial charge >= 0.3 is 6.03 Å². The van der Waals surface area contributed by atoms with Gasteiger partial charge < -0.3 is 26.2 Å².